The molecular weight excluding hydrogens is 1530 g/mol. The smallest absolute Gasteiger partial charge is 0.744 e. The third-order valence-electron chi connectivity index (χ3n) is 10.9. The van der Waals surface area contributed by atoms with Crippen molar-refractivity contribution in [3.63, 3.8) is 0 Å². The Kier molecular flexibility index (Phi) is 42.1. The summed E-state index contributed by atoms with van der Waals surface area (Å²) in [6.07, 6.45) is 1.68. The first kappa shape index (κ1) is 92.4. The SMILES string of the molecule is N#CNc1nc(Cl)nc(Nc2ccc3c(O)c(N=Nc4ccc(S(=O)(=O)CCOSOO[O-])cc4)c(SOO[O-])cc3c2)n1.Nc1c(N=Nc2ccc(S(=O)(=O)CCOSOO[O-])cc2)cc(S(=O)(=O)[O-])c(N)c1N=Nc1ccc(S(=O)(=O)CCOS(=O)(=O)[O-])cc1.[Na+].[Na+].[Na+].[Na+].[Na+]. The summed E-state index contributed by atoms with van der Waals surface area (Å²) in [6.45, 7) is -1.53. The van der Waals surface area contributed by atoms with Gasteiger partial charge in [0.05, 0.1) is 102 Å². The molecule has 0 aliphatic rings. The molecule has 39 nitrogen and oxygen atoms in total. The quantitative estimate of drug-likeness (QED) is 0.00223. The fraction of sp³-hybridized carbons (Fsp3) is 0.136. The van der Waals surface area contributed by atoms with Crippen LogP contribution in [-0.4, -0.2) is 108 Å². The first-order valence-electron chi connectivity index (χ1n) is 23.9. The number of nitrogens with zero attached hydrogens (tertiary/aromatic N) is 10. The van der Waals surface area contributed by atoms with Gasteiger partial charge < -0.3 is 46.8 Å². The van der Waals surface area contributed by atoms with Crippen LogP contribution < -0.4 is 186 Å². The Balaban J connectivity index is 0.000000925. The normalized spacial score (nSPS) is 11.7. The van der Waals surface area contributed by atoms with Gasteiger partial charge in [-0.2, -0.15) is 39.9 Å². The Morgan fingerprint density at radius 1 is 0.567 bits per heavy atom. The summed E-state index contributed by atoms with van der Waals surface area (Å²) >= 11 is 6.69. The summed E-state index contributed by atoms with van der Waals surface area (Å²) in [6, 6.07) is 21.8. The Morgan fingerprint density at radius 3 is 1.47 bits per heavy atom. The fourth-order valence-corrected chi connectivity index (χ4v) is 12.4. The summed E-state index contributed by atoms with van der Waals surface area (Å²) in [7, 11) is -21.9. The number of nitrogens with one attached hydrogen (secondary N) is 2. The minimum absolute atomic E-state index is 0. The molecule has 0 unspecified atom stereocenters. The summed E-state index contributed by atoms with van der Waals surface area (Å²) in [5.41, 5.74) is 10.7. The number of phenolic OH excluding ortho intramolecular Hbond substituents is 1. The van der Waals surface area contributed by atoms with E-state index < -0.39 is 90.2 Å². The zero-order valence-electron chi connectivity index (χ0n) is 50.1. The molecule has 97 heavy (non-hydrogen) atoms. The predicted octanol–water partition coefficient (Wildman–Crippen LogP) is -10.3. The Bertz CT molecular complexity index is 4500. The van der Waals surface area contributed by atoms with E-state index in [4.69, 9.17) is 36.7 Å². The maximum absolute atomic E-state index is 12.5. The van der Waals surface area contributed by atoms with Gasteiger partial charge in [0.1, 0.15) is 27.2 Å². The molecule has 1 aromatic heterocycles. The van der Waals surface area contributed by atoms with Gasteiger partial charge in [0.15, 0.2) is 66.1 Å². The van der Waals surface area contributed by atoms with E-state index >= 15 is 0 Å². The summed E-state index contributed by atoms with van der Waals surface area (Å²) in [4.78, 5) is 10.5. The standard InChI is InChI=1S/C22H17ClN8O10S3.C22H24N6O15S5.5Na/c23-20-27-21(25-11-24)29-22(28-20)26-14-3-6-16-12(9-14)10-17(42-40-38-33)18(19(16)32)31-30-13-1-4-15(5-2-13)44(35,36)8-7-37-43-41-39-34;23-20-18(27-25-14-1-5-16(6-2-14)45(30,31)11-9-40-44-43-42-29)13-19(47(34,35)36)21(24)22(20)28-26-15-3-7-17(8-4-15)46(32,33)12-10-41-48(37,38)39;;;;;/h1-6,9-10,32-34H,7-8H2,(H2,25,26,27,28,29);1-8,13,29H,9-12,23-24H2,(H,34,35,36)(H,37,38,39);;;;;/q;;5*+1/p-5. The van der Waals surface area contributed by atoms with Crippen molar-refractivity contribution in [1.29, 1.82) is 5.26 Å². The number of nitriles is 1. The van der Waals surface area contributed by atoms with Crippen molar-refractivity contribution in [2.45, 2.75) is 24.5 Å². The molecule has 53 heteroatoms. The molecule has 0 saturated heterocycles. The topological polar surface area (TPSA) is 602 Å². The molecule has 7 rings (SSSR count). The number of nitrogen functional groups attached to an aromatic ring is 2. The number of benzene rings is 6. The number of azo groups is 3. The number of hydrogen-bond donors (Lipinski definition) is 5. The van der Waals surface area contributed by atoms with Crippen LogP contribution in [0.3, 0.4) is 0 Å². The minimum atomic E-state index is -5.21. The molecule has 0 amide bonds. The maximum Gasteiger partial charge on any atom is 1.00 e. The van der Waals surface area contributed by atoms with Crippen LogP contribution in [0.5, 0.6) is 5.75 Å². The van der Waals surface area contributed by atoms with Crippen molar-refractivity contribution in [2.75, 3.05) is 59.2 Å². The van der Waals surface area contributed by atoms with Crippen molar-refractivity contribution in [3.05, 3.63) is 108 Å². The van der Waals surface area contributed by atoms with Gasteiger partial charge >= 0.3 is 148 Å². The molecular formula is C44H36ClN14Na5O25S8. The van der Waals surface area contributed by atoms with Crippen LogP contribution in [0.2, 0.25) is 5.28 Å². The van der Waals surface area contributed by atoms with E-state index in [0.717, 1.165) is 30.3 Å². The van der Waals surface area contributed by atoms with Crippen LogP contribution >= 0.6 is 48.3 Å². The molecule has 0 fully saturated rings. The number of nitrogens with two attached hydrogens (primary N) is 2. The van der Waals surface area contributed by atoms with E-state index in [2.05, 4.69) is 88.6 Å². The summed E-state index contributed by atoms with van der Waals surface area (Å²) < 4.78 is 167. The van der Waals surface area contributed by atoms with Gasteiger partial charge in [-0.25, -0.2) is 42.1 Å². The number of anilines is 5. The second-order valence-corrected chi connectivity index (χ2v) is 27.5. The van der Waals surface area contributed by atoms with Gasteiger partial charge in [-0.3, -0.25) is 33.0 Å². The second-order valence-electron chi connectivity index (χ2n) is 16.7. The number of hydrogen-bond acceptors (Lipinski definition) is 42. The molecule has 0 radical (unpaired) electrons. The van der Waals surface area contributed by atoms with Gasteiger partial charge in [0.2, 0.25) is 27.6 Å². The average molecular weight is 1570 g/mol. The van der Waals surface area contributed by atoms with Crippen molar-refractivity contribution >= 4 is 172 Å². The Morgan fingerprint density at radius 2 is 1.02 bits per heavy atom. The molecule has 1 heterocycles. The van der Waals surface area contributed by atoms with Gasteiger partial charge in [0.25, 0.3) is 0 Å². The van der Waals surface area contributed by atoms with Crippen molar-refractivity contribution < 1.29 is 261 Å². The fourth-order valence-electron chi connectivity index (χ4n) is 6.85. The monoisotopic (exact) mass is 1570 g/mol. The van der Waals surface area contributed by atoms with E-state index in [0.29, 0.717) is 28.5 Å². The van der Waals surface area contributed by atoms with Crippen LogP contribution in [0.25, 0.3) is 10.8 Å². The zero-order valence-corrected chi connectivity index (χ0v) is 67.4. The van der Waals surface area contributed by atoms with Gasteiger partial charge in [-0.1, -0.05) is 0 Å². The number of fused-ring (bicyclic) bond motifs is 1. The Hall–Kier alpha value is -2.59. The maximum atomic E-state index is 12.5. The van der Waals surface area contributed by atoms with Crippen molar-refractivity contribution in [1.82, 2.24) is 15.0 Å². The van der Waals surface area contributed by atoms with E-state index in [1.54, 1.807) is 24.4 Å². The molecule has 7 aromatic rings. The number of phenols is 1. The van der Waals surface area contributed by atoms with Crippen molar-refractivity contribution in [3.8, 4) is 11.9 Å². The predicted molar refractivity (Wildman–Crippen MR) is 309 cm³/mol. The number of aromatic nitrogens is 3. The average Bonchev–Trinajstić information content (AvgIpc) is 0.789. The first-order chi connectivity index (χ1) is 43.6. The largest absolute Gasteiger partial charge is 1.00 e. The number of aromatic hydroxyl groups is 1. The second kappa shape index (κ2) is 44.2. The van der Waals surface area contributed by atoms with Crippen LogP contribution in [0.1, 0.15) is 0 Å². The third-order valence-corrected chi connectivity index (χ3v) is 18.8. The van der Waals surface area contributed by atoms with Crippen LogP contribution in [0.4, 0.5) is 63.1 Å². The minimum Gasteiger partial charge on any atom is -0.744 e. The molecule has 0 spiro atoms. The summed E-state index contributed by atoms with van der Waals surface area (Å²) in [5.74, 6) is -2.08. The Labute approximate surface area is 678 Å². The van der Waals surface area contributed by atoms with Crippen LogP contribution in [0.15, 0.2) is 158 Å². The van der Waals surface area contributed by atoms with Gasteiger partial charge in [-0.05, 0) is 120 Å². The number of sulfone groups is 3. The van der Waals surface area contributed by atoms with Crippen LogP contribution in [-0.2, 0) is 90.7 Å². The van der Waals surface area contributed by atoms with Crippen LogP contribution in [0, 0.1) is 11.5 Å². The molecule has 6 aromatic carbocycles. The molecule has 0 saturated carbocycles. The van der Waals surface area contributed by atoms with Gasteiger partial charge in [0, 0.05) is 11.1 Å². The summed E-state index contributed by atoms with van der Waals surface area (Å²) in [5, 5.41) is 88.6. The van der Waals surface area contributed by atoms with E-state index in [9.17, 15) is 72.1 Å². The van der Waals surface area contributed by atoms with E-state index in [-0.39, 0.29) is 262 Å². The van der Waals surface area contributed by atoms with E-state index in [1.807, 2.05) is 0 Å². The third kappa shape index (κ3) is 29.6. The molecule has 0 aliphatic heterocycles. The van der Waals surface area contributed by atoms with E-state index in [1.165, 1.54) is 54.6 Å². The number of rotatable bonds is 32. The zero-order chi connectivity index (χ0) is 67.3. The van der Waals surface area contributed by atoms with Gasteiger partial charge in [-0.15, -0.1) is 24.0 Å². The molecule has 492 valence electrons. The molecule has 0 aliphatic carbocycles. The van der Waals surface area contributed by atoms with Crippen molar-refractivity contribution in [2.24, 2.45) is 30.7 Å². The molecule has 0 atom stereocenters. The molecule has 7 N–H and O–H groups in total. The number of halogens is 1. The first-order valence-corrected chi connectivity index (χ1v) is 34.0. The molecule has 0 bridgehead atoms.